The van der Waals surface area contributed by atoms with Crippen molar-refractivity contribution >= 4 is 16.4 Å². The number of hydrogen-bond acceptors (Lipinski definition) is 1. The predicted molar refractivity (Wildman–Crippen MR) is 123 cm³/mol. The van der Waals surface area contributed by atoms with Gasteiger partial charge in [0.25, 0.3) is 0 Å². The molecule has 0 aliphatic heterocycles. The summed E-state index contributed by atoms with van der Waals surface area (Å²) in [4.78, 5) is 0. The zero-order valence-corrected chi connectivity index (χ0v) is 20.7. The van der Waals surface area contributed by atoms with Gasteiger partial charge in [-0.2, -0.15) is 0 Å². The molecule has 0 saturated heterocycles. The molecule has 0 N–H and O–H groups in total. The van der Waals surface area contributed by atoms with E-state index in [1.54, 1.807) is 0 Å². The van der Waals surface area contributed by atoms with Crippen molar-refractivity contribution in [2.75, 3.05) is 6.61 Å². The van der Waals surface area contributed by atoms with Crippen molar-refractivity contribution < 1.29 is 4.43 Å². The topological polar surface area (TPSA) is 9.23 Å². The lowest BCUT2D eigenvalue weighted by molar-refractivity contribution is 0.284. The van der Waals surface area contributed by atoms with Gasteiger partial charge < -0.3 is 4.43 Å². The Kier molecular flexibility index (Phi) is 9.04. The van der Waals surface area contributed by atoms with Gasteiger partial charge in [-0.25, -0.2) is 0 Å². The van der Waals surface area contributed by atoms with Gasteiger partial charge in [0.2, 0.25) is 0 Å². The van der Waals surface area contributed by atoms with E-state index in [-0.39, 0.29) is 0 Å². The quantitative estimate of drug-likeness (QED) is 0.225. The Morgan fingerprint density at radius 3 is 1.77 bits per heavy atom. The zero-order valence-electron chi connectivity index (χ0n) is 18.7. The molecule has 1 unspecified atom stereocenters. The maximum absolute atomic E-state index is 6.69. The third kappa shape index (κ3) is 5.93. The molecule has 1 nitrogen and oxygen atoms in total. The van der Waals surface area contributed by atoms with Gasteiger partial charge in [0.05, 0.1) is 8.07 Å². The summed E-state index contributed by atoms with van der Waals surface area (Å²) in [6.07, 6.45) is 5.85. The van der Waals surface area contributed by atoms with Gasteiger partial charge in [0.1, 0.15) is 0 Å². The highest BCUT2D eigenvalue weighted by molar-refractivity contribution is 6.78. The van der Waals surface area contributed by atoms with E-state index in [1.807, 2.05) is 0 Å². The minimum absolute atomic E-state index is 0.575. The first-order valence-corrected chi connectivity index (χ1v) is 16.1. The van der Waals surface area contributed by atoms with Crippen molar-refractivity contribution in [3.63, 3.8) is 0 Å². The molecule has 148 valence electrons. The monoisotopic (exact) mass is 390 g/mol. The second-order valence-corrected chi connectivity index (χ2v) is 20.5. The lowest BCUT2D eigenvalue weighted by Gasteiger charge is -2.42. The molecule has 3 heteroatoms. The van der Waals surface area contributed by atoms with E-state index in [9.17, 15) is 0 Å². The molecule has 0 aromatic heterocycles. The van der Waals surface area contributed by atoms with Gasteiger partial charge in [-0.3, -0.25) is 0 Å². The van der Waals surface area contributed by atoms with E-state index in [4.69, 9.17) is 4.43 Å². The number of rotatable bonds is 10. The third-order valence-corrected chi connectivity index (χ3v) is 14.3. The van der Waals surface area contributed by atoms with Crippen LogP contribution in [0.2, 0.25) is 36.3 Å². The van der Waals surface area contributed by atoms with Gasteiger partial charge >= 0.3 is 0 Å². The summed E-state index contributed by atoms with van der Waals surface area (Å²) in [6.45, 7) is 22.4. The summed E-state index contributed by atoms with van der Waals surface area (Å²) in [5.74, 6) is 0. The molecule has 0 radical (unpaired) electrons. The van der Waals surface area contributed by atoms with Crippen molar-refractivity contribution in [1.82, 2.24) is 0 Å². The first-order valence-electron chi connectivity index (χ1n) is 10.4. The molecule has 1 aromatic carbocycles. The molecule has 1 aromatic rings. The molecule has 0 heterocycles. The van der Waals surface area contributed by atoms with Gasteiger partial charge in [0, 0.05) is 6.61 Å². The van der Waals surface area contributed by atoms with E-state index in [0.29, 0.717) is 22.2 Å². The van der Waals surface area contributed by atoms with Crippen LogP contribution in [0, 0.1) is 0 Å². The van der Waals surface area contributed by atoms with Crippen LogP contribution >= 0.6 is 0 Å². The predicted octanol–water partition coefficient (Wildman–Crippen LogP) is 7.79. The average molecular weight is 391 g/mol. The first-order chi connectivity index (χ1) is 12.0. The van der Waals surface area contributed by atoms with Crippen molar-refractivity contribution in [3.05, 3.63) is 48.0 Å². The van der Waals surface area contributed by atoms with Crippen LogP contribution in [0.25, 0.3) is 0 Å². The SMILES string of the molecule is CC(C)[Si](OCC/C=C/C(c1ccccc1)[Si](C)(C)C)(C(C)C)C(C)C. The summed E-state index contributed by atoms with van der Waals surface area (Å²) in [7, 11) is -3.03. The van der Waals surface area contributed by atoms with Crippen LogP contribution in [0.3, 0.4) is 0 Å². The maximum Gasteiger partial charge on any atom is 0.200 e. The summed E-state index contributed by atoms with van der Waals surface area (Å²) in [5, 5.41) is 0. The number of hydrogen-bond donors (Lipinski definition) is 0. The number of allylic oxidation sites excluding steroid dienone is 1. The Hall–Kier alpha value is -0.646. The fourth-order valence-electron chi connectivity index (χ4n) is 4.60. The molecular formula is C23H42OSi2. The van der Waals surface area contributed by atoms with Crippen molar-refractivity contribution in [1.29, 1.82) is 0 Å². The average Bonchev–Trinajstić information content (AvgIpc) is 2.52. The van der Waals surface area contributed by atoms with Gasteiger partial charge in [-0.1, -0.05) is 104 Å². The molecule has 0 aliphatic rings. The van der Waals surface area contributed by atoms with E-state index in [2.05, 4.69) is 104 Å². The van der Waals surface area contributed by atoms with E-state index in [0.717, 1.165) is 13.0 Å². The Labute approximate surface area is 165 Å². The molecule has 0 saturated carbocycles. The summed E-state index contributed by atoms with van der Waals surface area (Å²) >= 11 is 0. The second-order valence-electron chi connectivity index (χ2n) is 9.64. The Balaban J connectivity index is 2.78. The summed E-state index contributed by atoms with van der Waals surface area (Å²) in [5.41, 5.74) is 4.01. The van der Waals surface area contributed by atoms with Crippen molar-refractivity contribution in [2.45, 2.75) is 89.8 Å². The minimum atomic E-state index is -1.73. The Morgan fingerprint density at radius 2 is 1.35 bits per heavy atom. The van der Waals surface area contributed by atoms with Gasteiger partial charge in [0.15, 0.2) is 8.32 Å². The largest absolute Gasteiger partial charge is 0.416 e. The third-order valence-electron chi connectivity index (χ3n) is 5.76. The molecule has 0 spiro atoms. The van der Waals surface area contributed by atoms with Crippen LogP contribution < -0.4 is 0 Å². The molecule has 0 amide bonds. The summed E-state index contributed by atoms with van der Waals surface area (Å²) in [6, 6.07) is 11.0. The molecule has 0 aliphatic carbocycles. The Morgan fingerprint density at radius 1 is 0.846 bits per heavy atom. The molecule has 26 heavy (non-hydrogen) atoms. The van der Waals surface area contributed by atoms with E-state index in [1.165, 1.54) is 5.56 Å². The molecule has 1 rings (SSSR count). The molecule has 1 atom stereocenters. The van der Waals surface area contributed by atoms with Gasteiger partial charge in [-0.05, 0) is 34.1 Å². The van der Waals surface area contributed by atoms with Gasteiger partial charge in [-0.15, -0.1) is 0 Å². The number of benzene rings is 1. The van der Waals surface area contributed by atoms with Crippen LogP contribution in [0.1, 0.15) is 59.1 Å². The first kappa shape index (κ1) is 23.4. The fraction of sp³-hybridized carbons (Fsp3) is 0.652. The van der Waals surface area contributed by atoms with Crippen LogP contribution in [0.4, 0.5) is 0 Å². The molecular weight excluding hydrogens is 348 g/mol. The van der Waals surface area contributed by atoms with E-state index >= 15 is 0 Å². The van der Waals surface area contributed by atoms with E-state index < -0.39 is 16.4 Å². The zero-order chi connectivity index (χ0) is 20.0. The normalized spacial score (nSPS) is 14.8. The maximum atomic E-state index is 6.69. The lowest BCUT2D eigenvalue weighted by Crippen LogP contribution is -2.47. The van der Waals surface area contributed by atoms with Crippen LogP contribution in [-0.2, 0) is 4.43 Å². The smallest absolute Gasteiger partial charge is 0.200 e. The molecule has 0 bridgehead atoms. The van der Waals surface area contributed by atoms with Crippen molar-refractivity contribution in [2.24, 2.45) is 0 Å². The minimum Gasteiger partial charge on any atom is -0.416 e. The highest BCUT2D eigenvalue weighted by Gasteiger charge is 2.44. The Bertz CT molecular complexity index is 519. The second kappa shape index (κ2) is 10.1. The highest BCUT2D eigenvalue weighted by atomic mass is 28.4. The molecule has 0 fully saturated rings. The van der Waals surface area contributed by atoms with Crippen LogP contribution in [0.5, 0.6) is 0 Å². The van der Waals surface area contributed by atoms with Crippen molar-refractivity contribution in [3.8, 4) is 0 Å². The summed E-state index contributed by atoms with van der Waals surface area (Å²) < 4.78 is 6.69. The highest BCUT2D eigenvalue weighted by Crippen LogP contribution is 2.42. The lowest BCUT2D eigenvalue weighted by atomic mass is 10.1. The van der Waals surface area contributed by atoms with Crippen LogP contribution in [0.15, 0.2) is 42.5 Å². The standard InChI is InChI=1S/C23H42OSi2/c1-19(2)26(20(3)4,21(5)6)24-18-14-13-17-23(25(7,8)9)22-15-11-10-12-16-22/h10-13,15-17,19-21,23H,14,18H2,1-9H3/b17-13+. The fourth-order valence-corrected chi connectivity index (χ4v) is 12.0. The van der Waals surface area contributed by atoms with Crippen LogP contribution in [-0.4, -0.2) is 23.0 Å².